The van der Waals surface area contributed by atoms with E-state index in [0.717, 1.165) is 33.9 Å². The summed E-state index contributed by atoms with van der Waals surface area (Å²) in [4.78, 5) is 13.6. The predicted octanol–water partition coefficient (Wildman–Crippen LogP) is 3.86. The Morgan fingerprint density at radius 2 is 1.15 bits per heavy atom. The lowest BCUT2D eigenvalue weighted by Crippen LogP contribution is -1.95. The molecular formula is C22H17N3O2. The lowest BCUT2D eigenvalue weighted by molar-refractivity contribution is -0.0424. The first-order chi connectivity index (χ1) is 13.2. The summed E-state index contributed by atoms with van der Waals surface area (Å²) in [5, 5.41) is 18.6. The van der Waals surface area contributed by atoms with Crippen LogP contribution in [0.15, 0.2) is 85.2 Å². The van der Waals surface area contributed by atoms with E-state index in [-0.39, 0.29) is 0 Å². The summed E-state index contributed by atoms with van der Waals surface area (Å²) >= 11 is 0. The van der Waals surface area contributed by atoms with Crippen molar-refractivity contribution in [2.75, 3.05) is 0 Å². The number of aliphatic hydroxyl groups excluding tert-OH is 1. The third-order valence-corrected chi connectivity index (χ3v) is 4.22. The molecule has 3 aromatic heterocycles. The lowest BCUT2D eigenvalue weighted by atomic mass is 10.0. The summed E-state index contributed by atoms with van der Waals surface area (Å²) in [6.45, 7) is 0. The van der Waals surface area contributed by atoms with Gasteiger partial charge in [-0.15, -0.1) is 0 Å². The minimum absolute atomic E-state index is 0.447. The zero-order valence-electron chi connectivity index (χ0n) is 14.4. The first-order valence-electron chi connectivity index (χ1n) is 8.52. The van der Waals surface area contributed by atoms with E-state index in [9.17, 15) is 10.2 Å². The monoisotopic (exact) mass is 355 g/mol. The molecular weight excluding hydrogens is 338 g/mol. The lowest BCUT2D eigenvalue weighted by Gasteiger charge is -2.10. The normalized spacial score (nSPS) is 10.9. The van der Waals surface area contributed by atoms with E-state index < -0.39 is 6.29 Å². The van der Waals surface area contributed by atoms with Crippen molar-refractivity contribution in [2.24, 2.45) is 0 Å². The molecule has 4 rings (SSSR count). The zero-order chi connectivity index (χ0) is 18.6. The van der Waals surface area contributed by atoms with Crippen LogP contribution in [0.2, 0.25) is 0 Å². The van der Waals surface area contributed by atoms with Crippen LogP contribution in [0.4, 0.5) is 0 Å². The maximum absolute atomic E-state index is 9.30. The summed E-state index contributed by atoms with van der Waals surface area (Å²) in [5.74, 6) is 0. The molecule has 0 aliphatic carbocycles. The van der Waals surface area contributed by atoms with Crippen molar-refractivity contribution < 1.29 is 10.2 Å². The van der Waals surface area contributed by atoms with Gasteiger partial charge in [-0.05, 0) is 47.5 Å². The average molecular weight is 355 g/mol. The molecule has 1 aromatic carbocycles. The molecule has 0 spiro atoms. The number of aromatic nitrogens is 3. The molecule has 0 bridgehead atoms. The first kappa shape index (κ1) is 17.0. The van der Waals surface area contributed by atoms with Gasteiger partial charge in [-0.3, -0.25) is 9.97 Å². The Morgan fingerprint density at radius 1 is 0.593 bits per heavy atom. The minimum Gasteiger partial charge on any atom is -0.364 e. The Balaban J connectivity index is 1.85. The number of hydrogen-bond donors (Lipinski definition) is 2. The van der Waals surface area contributed by atoms with Crippen LogP contribution in [-0.2, 0) is 0 Å². The quantitative estimate of drug-likeness (QED) is 0.544. The van der Waals surface area contributed by atoms with Crippen LogP contribution in [0.5, 0.6) is 0 Å². The van der Waals surface area contributed by atoms with Crippen LogP contribution in [0.25, 0.3) is 33.9 Å². The Bertz CT molecular complexity index is 976. The van der Waals surface area contributed by atoms with Crippen molar-refractivity contribution in [1.29, 1.82) is 0 Å². The zero-order valence-corrected chi connectivity index (χ0v) is 14.4. The summed E-state index contributed by atoms with van der Waals surface area (Å²) < 4.78 is 0. The standard InChI is InChI=1S/C22H17N3O2/c26-22(27)16-9-7-15(8-10-16)17-13-20(18-5-1-3-11-23-18)25-21(14-17)19-6-2-4-12-24-19/h1-14,22,26-27H. The molecule has 5 nitrogen and oxygen atoms in total. The highest BCUT2D eigenvalue weighted by Crippen LogP contribution is 2.29. The van der Waals surface area contributed by atoms with Crippen molar-refractivity contribution >= 4 is 0 Å². The van der Waals surface area contributed by atoms with Crippen molar-refractivity contribution in [1.82, 2.24) is 15.0 Å². The third kappa shape index (κ3) is 3.74. The van der Waals surface area contributed by atoms with Crippen molar-refractivity contribution in [3.05, 3.63) is 90.8 Å². The highest BCUT2D eigenvalue weighted by molar-refractivity contribution is 5.74. The van der Waals surface area contributed by atoms with Gasteiger partial charge in [-0.2, -0.15) is 0 Å². The van der Waals surface area contributed by atoms with Crippen LogP contribution >= 0.6 is 0 Å². The Hall–Kier alpha value is -3.41. The Kier molecular flexibility index (Phi) is 4.70. The van der Waals surface area contributed by atoms with Gasteiger partial charge < -0.3 is 10.2 Å². The average Bonchev–Trinajstić information content (AvgIpc) is 2.75. The minimum atomic E-state index is -1.48. The van der Waals surface area contributed by atoms with Gasteiger partial charge in [0.1, 0.15) is 0 Å². The highest BCUT2D eigenvalue weighted by atomic mass is 16.5. The summed E-state index contributed by atoms with van der Waals surface area (Å²) in [6, 6.07) is 22.5. The van der Waals surface area contributed by atoms with Gasteiger partial charge in [-0.1, -0.05) is 36.4 Å². The highest BCUT2D eigenvalue weighted by Gasteiger charge is 2.11. The van der Waals surface area contributed by atoms with E-state index in [4.69, 9.17) is 4.98 Å². The molecule has 0 saturated carbocycles. The third-order valence-electron chi connectivity index (χ3n) is 4.22. The van der Waals surface area contributed by atoms with Crippen molar-refractivity contribution in [2.45, 2.75) is 6.29 Å². The number of nitrogens with zero attached hydrogens (tertiary/aromatic N) is 3. The smallest absolute Gasteiger partial charge is 0.178 e. The van der Waals surface area contributed by atoms with Crippen LogP contribution in [0.1, 0.15) is 11.9 Å². The van der Waals surface area contributed by atoms with Gasteiger partial charge in [0.15, 0.2) is 6.29 Å². The molecule has 2 N–H and O–H groups in total. The molecule has 4 aromatic rings. The molecule has 3 heterocycles. The van der Waals surface area contributed by atoms with Gasteiger partial charge >= 0.3 is 0 Å². The molecule has 0 fully saturated rings. The second-order valence-corrected chi connectivity index (χ2v) is 6.05. The maximum atomic E-state index is 9.30. The van der Waals surface area contributed by atoms with Crippen LogP contribution in [-0.4, -0.2) is 25.2 Å². The van der Waals surface area contributed by atoms with Crippen molar-refractivity contribution in [3.8, 4) is 33.9 Å². The predicted molar refractivity (Wildman–Crippen MR) is 103 cm³/mol. The fourth-order valence-electron chi connectivity index (χ4n) is 2.84. The number of pyridine rings is 3. The summed E-state index contributed by atoms with van der Waals surface area (Å²) in [6.07, 6.45) is 1.99. The van der Waals surface area contributed by atoms with Crippen LogP contribution in [0, 0.1) is 0 Å². The molecule has 0 aliphatic rings. The van der Waals surface area contributed by atoms with E-state index in [1.807, 2.05) is 60.7 Å². The first-order valence-corrected chi connectivity index (χ1v) is 8.52. The summed E-state index contributed by atoms with van der Waals surface area (Å²) in [7, 11) is 0. The Morgan fingerprint density at radius 3 is 1.59 bits per heavy atom. The van der Waals surface area contributed by atoms with Crippen molar-refractivity contribution in [3.63, 3.8) is 0 Å². The second-order valence-electron chi connectivity index (χ2n) is 6.05. The molecule has 0 radical (unpaired) electrons. The van der Waals surface area contributed by atoms with Gasteiger partial charge in [-0.25, -0.2) is 4.98 Å². The molecule has 5 heteroatoms. The molecule has 0 aliphatic heterocycles. The van der Waals surface area contributed by atoms with E-state index in [0.29, 0.717) is 5.56 Å². The molecule has 0 atom stereocenters. The van der Waals surface area contributed by atoms with Gasteiger partial charge in [0.2, 0.25) is 0 Å². The number of benzene rings is 1. The molecule has 0 saturated heterocycles. The number of hydrogen-bond acceptors (Lipinski definition) is 5. The number of aliphatic hydroxyl groups is 2. The molecule has 132 valence electrons. The van der Waals surface area contributed by atoms with E-state index >= 15 is 0 Å². The van der Waals surface area contributed by atoms with Gasteiger partial charge in [0.25, 0.3) is 0 Å². The largest absolute Gasteiger partial charge is 0.364 e. The van der Waals surface area contributed by atoms with Gasteiger partial charge in [0.05, 0.1) is 22.8 Å². The molecule has 0 unspecified atom stereocenters. The number of rotatable bonds is 4. The van der Waals surface area contributed by atoms with Crippen LogP contribution in [0.3, 0.4) is 0 Å². The Labute approximate surface area is 156 Å². The SMILES string of the molecule is OC(O)c1ccc(-c2cc(-c3ccccn3)nc(-c3ccccn3)c2)cc1. The van der Waals surface area contributed by atoms with Crippen LogP contribution < -0.4 is 0 Å². The fourth-order valence-corrected chi connectivity index (χ4v) is 2.84. The fraction of sp³-hybridized carbons (Fsp3) is 0.0455. The van der Waals surface area contributed by atoms with E-state index in [2.05, 4.69) is 9.97 Å². The maximum Gasteiger partial charge on any atom is 0.178 e. The van der Waals surface area contributed by atoms with E-state index in [1.165, 1.54) is 0 Å². The topological polar surface area (TPSA) is 79.1 Å². The second kappa shape index (κ2) is 7.45. The molecule has 27 heavy (non-hydrogen) atoms. The molecule has 0 amide bonds. The van der Waals surface area contributed by atoms with E-state index in [1.54, 1.807) is 24.5 Å². The van der Waals surface area contributed by atoms with Gasteiger partial charge in [0, 0.05) is 18.0 Å². The summed E-state index contributed by atoms with van der Waals surface area (Å²) in [5.41, 5.74) is 5.39.